The van der Waals surface area contributed by atoms with Gasteiger partial charge in [-0.1, -0.05) is 12.1 Å². The molecular weight excluding hydrogens is 256 g/mol. The van der Waals surface area contributed by atoms with Crippen LogP contribution in [0.25, 0.3) is 11.1 Å². The fraction of sp³-hybridized carbons (Fsp3) is 0.133. The van der Waals surface area contributed by atoms with Crippen molar-refractivity contribution in [2.75, 3.05) is 12.8 Å². The van der Waals surface area contributed by atoms with Gasteiger partial charge in [0.15, 0.2) is 23.7 Å². The molecule has 2 N–H and O–H groups in total. The first-order chi connectivity index (χ1) is 9.76. The first-order valence-corrected chi connectivity index (χ1v) is 6.17. The van der Waals surface area contributed by atoms with Gasteiger partial charge in [-0.2, -0.15) is 0 Å². The lowest BCUT2D eigenvalue weighted by atomic mass is 10.3. The van der Waals surface area contributed by atoms with Gasteiger partial charge in [0.2, 0.25) is 5.89 Å². The molecule has 5 nitrogen and oxygen atoms in total. The third-order valence-corrected chi connectivity index (χ3v) is 2.88. The first-order valence-electron chi connectivity index (χ1n) is 6.17. The summed E-state index contributed by atoms with van der Waals surface area (Å²) in [7, 11) is 1.57. The molecule has 102 valence electrons. The monoisotopic (exact) mass is 270 g/mol. The van der Waals surface area contributed by atoms with Crippen molar-refractivity contribution in [2.24, 2.45) is 0 Å². The number of benzene rings is 2. The number of fused-ring (bicyclic) bond motifs is 1. The van der Waals surface area contributed by atoms with E-state index >= 15 is 0 Å². The van der Waals surface area contributed by atoms with Crippen LogP contribution in [0.4, 0.5) is 5.69 Å². The minimum atomic E-state index is 0.231. The zero-order chi connectivity index (χ0) is 13.9. The molecule has 0 aliphatic heterocycles. The zero-order valence-electron chi connectivity index (χ0n) is 11.0. The van der Waals surface area contributed by atoms with Gasteiger partial charge in [0, 0.05) is 11.8 Å². The zero-order valence-corrected chi connectivity index (χ0v) is 11.0. The SMILES string of the molecule is COc1cc(N)ccc1OCc1nc2ccccc2o1. The summed E-state index contributed by atoms with van der Waals surface area (Å²) in [6, 6.07) is 12.8. The summed E-state index contributed by atoms with van der Waals surface area (Å²) in [5.74, 6) is 1.70. The Labute approximate surface area is 115 Å². The number of methoxy groups -OCH3 is 1. The third-order valence-electron chi connectivity index (χ3n) is 2.88. The molecule has 0 atom stereocenters. The highest BCUT2D eigenvalue weighted by molar-refractivity contribution is 5.72. The van der Waals surface area contributed by atoms with Crippen LogP contribution in [0, 0.1) is 0 Å². The van der Waals surface area contributed by atoms with Gasteiger partial charge >= 0.3 is 0 Å². The van der Waals surface area contributed by atoms with Crippen LogP contribution in [-0.2, 0) is 6.61 Å². The second-order valence-electron chi connectivity index (χ2n) is 4.27. The Morgan fingerprint density at radius 3 is 2.80 bits per heavy atom. The Morgan fingerprint density at radius 1 is 1.15 bits per heavy atom. The minimum Gasteiger partial charge on any atom is -0.493 e. The summed E-state index contributed by atoms with van der Waals surface area (Å²) in [5.41, 5.74) is 7.88. The highest BCUT2D eigenvalue weighted by atomic mass is 16.5. The Morgan fingerprint density at radius 2 is 2.00 bits per heavy atom. The number of oxazole rings is 1. The number of hydrogen-bond donors (Lipinski definition) is 1. The van der Waals surface area contributed by atoms with Crippen molar-refractivity contribution < 1.29 is 13.9 Å². The minimum absolute atomic E-state index is 0.231. The normalized spacial score (nSPS) is 10.7. The molecule has 0 amide bonds. The van der Waals surface area contributed by atoms with Gasteiger partial charge in [-0.05, 0) is 24.3 Å². The van der Waals surface area contributed by atoms with Crippen molar-refractivity contribution in [1.29, 1.82) is 0 Å². The molecule has 3 rings (SSSR count). The maximum Gasteiger partial charge on any atom is 0.233 e. The summed E-state index contributed by atoms with van der Waals surface area (Å²) in [6.07, 6.45) is 0. The first kappa shape index (κ1) is 12.3. The number of aromatic nitrogens is 1. The molecule has 0 saturated heterocycles. The lowest BCUT2D eigenvalue weighted by molar-refractivity contribution is 0.253. The van der Waals surface area contributed by atoms with Crippen LogP contribution in [0.1, 0.15) is 5.89 Å². The number of anilines is 1. The molecule has 2 aromatic carbocycles. The number of nitrogens with two attached hydrogens (primary N) is 1. The highest BCUT2D eigenvalue weighted by Crippen LogP contribution is 2.29. The Hall–Kier alpha value is -2.69. The van der Waals surface area contributed by atoms with E-state index in [4.69, 9.17) is 19.6 Å². The van der Waals surface area contributed by atoms with E-state index in [9.17, 15) is 0 Å². The molecule has 1 aromatic heterocycles. The quantitative estimate of drug-likeness (QED) is 0.738. The van der Waals surface area contributed by atoms with Gasteiger partial charge in [0.1, 0.15) is 5.52 Å². The van der Waals surface area contributed by atoms with Gasteiger partial charge in [0.25, 0.3) is 0 Å². The van der Waals surface area contributed by atoms with E-state index in [1.807, 2.05) is 24.3 Å². The Kier molecular flexibility index (Phi) is 3.16. The largest absolute Gasteiger partial charge is 0.493 e. The average Bonchev–Trinajstić information content (AvgIpc) is 2.88. The van der Waals surface area contributed by atoms with E-state index in [-0.39, 0.29) is 6.61 Å². The molecule has 3 aromatic rings. The smallest absolute Gasteiger partial charge is 0.233 e. The van der Waals surface area contributed by atoms with E-state index in [2.05, 4.69) is 4.98 Å². The number of rotatable bonds is 4. The van der Waals surface area contributed by atoms with Crippen molar-refractivity contribution in [3.63, 3.8) is 0 Å². The molecule has 0 saturated carbocycles. The molecule has 0 aliphatic rings. The van der Waals surface area contributed by atoms with E-state index in [0.29, 0.717) is 23.1 Å². The lowest BCUT2D eigenvalue weighted by Crippen LogP contribution is -1.98. The summed E-state index contributed by atoms with van der Waals surface area (Å²) < 4.78 is 16.5. The average molecular weight is 270 g/mol. The Balaban J connectivity index is 1.79. The number of nitrogen functional groups attached to an aromatic ring is 1. The molecule has 0 aliphatic carbocycles. The van der Waals surface area contributed by atoms with Crippen LogP contribution >= 0.6 is 0 Å². The van der Waals surface area contributed by atoms with Crippen LogP contribution in [0.5, 0.6) is 11.5 Å². The second-order valence-corrected chi connectivity index (χ2v) is 4.27. The van der Waals surface area contributed by atoms with Gasteiger partial charge < -0.3 is 19.6 Å². The molecular formula is C15H14N2O3. The van der Waals surface area contributed by atoms with Crippen LogP contribution in [0.2, 0.25) is 0 Å². The maximum atomic E-state index is 5.69. The molecule has 0 bridgehead atoms. The highest BCUT2D eigenvalue weighted by Gasteiger charge is 2.09. The molecule has 0 spiro atoms. The topological polar surface area (TPSA) is 70.5 Å². The number of hydrogen-bond acceptors (Lipinski definition) is 5. The van der Waals surface area contributed by atoms with Crippen LogP contribution < -0.4 is 15.2 Å². The maximum absolute atomic E-state index is 5.69. The lowest BCUT2D eigenvalue weighted by Gasteiger charge is -2.09. The summed E-state index contributed by atoms with van der Waals surface area (Å²) in [4.78, 5) is 4.34. The van der Waals surface area contributed by atoms with Crippen molar-refractivity contribution >= 4 is 16.8 Å². The molecule has 0 radical (unpaired) electrons. The fourth-order valence-corrected chi connectivity index (χ4v) is 1.92. The van der Waals surface area contributed by atoms with Crippen LogP contribution in [-0.4, -0.2) is 12.1 Å². The van der Waals surface area contributed by atoms with Gasteiger partial charge in [0.05, 0.1) is 7.11 Å². The van der Waals surface area contributed by atoms with E-state index in [0.717, 1.165) is 11.1 Å². The fourth-order valence-electron chi connectivity index (χ4n) is 1.92. The Bertz CT molecular complexity index is 704. The molecule has 20 heavy (non-hydrogen) atoms. The predicted molar refractivity (Wildman–Crippen MR) is 75.7 cm³/mol. The number of nitrogens with zero attached hydrogens (tertiary/aromatic N) is 1. The van der Waals surface area contributed by atoms with Crippen LogP contribution in [0.3, 0.4) is 0 Å². The van der Waals surface area contributed by atoms with E-state index in [1.54, 1.807) is 25.3 Å². The third kappa shape index (κ3) is 2.38. The van der Waals surface area contributed by atoms with E-state index in [1.165, 1.54) is 0 Å². The van der Waals surface area contributed by atoms with Gasteiger partial charge in [-0.3, -0.25) is 0 Å². The standard InChI is InChI=1S/C15H14N2O3/c1-18-14-8-10(16)6-7-13(14)19-9-15-17-11-4-2-3-5-12(11)20-15/h2-8H,9,16H2,1H3. The number of ether oxygens (including phenoxy) is 2. The van der Waals surface area contributed by atoms with Crippen molar-refractivity contribution in [2.45, 2.75) is 6.61 Å². The number of para-hydroxylation sites is 2. The van der Waals surface area contributed by atoms with Gasteiger partial charge in [-0.15, -0.1) is 0 Å². The second kappa shape index (κ2) is 5.13. The molecule has 5 heteroatoms. The summed E-state index contributed by atoms with van der Waals surface area (Å²) in [5, 5.41) is 0. The molecule has 0 unspecified atom stereocenters. The molecule has 0 fully saturated rings. The predicted octanol–water partition coefficient (Wildman–Crippen LogP) is 3.00. The van der Waals surface area contributed by atoms with Crippen molar-refractivity contribution in [3.8, 4) is 11.5 Å². The van der Waals surface area contributed by atoms with Crippen LogP contribution in [0.15, 0.2) is 46.9 Å². The van der Waals surface area contributed by atoms with Gasteiger partial charge in [-0.25, -0.2) is 4.98 Å². The van der Waals surface area contributed by atoms with E-state index < -0.39 is 0 Å². The molecule has 1 heterocycles. The summed E-state index contributed by atoms with van der Waals surface area (Å²) in [6.45, 7) is 0.231. The van der Waals surface area contributed by atoms with Crippen molar-refractivity contribution in [3.05, 3.63) is 48.4 Å². The van der Waals surface area contributed by atoms with Crippen molar-refractivity contribution in [1.82, 2.24) is 4.98 Å². The summed E-state index contributed by atoms with van der Waals surface area (Å²) >= 11 is 0.